The van der Waals surface area contributed by atoms with Gasteiger partial charge < -0.3 is 5.11 Å². The van der Waals surface area contributed by atoms with E-state index in [1.165, 1.54) is 0 Å². The second-order valence-corrected chi connectivity index (χ2v) is 6.31. The van der Waals surface area contributed by atoms with Crippen molar-refractivity contribution in [1.82, 2.24) is 0 Å². The Morgan fingerprint density at radius 1 is 1.50 bits per heavy atom. The van der Waals surface area contributed by atoms with Crippen LogP contribution < -0.4 is 0 Å². The fraction of sp³-hybridized carbons (Fsp3) is 0.700. The summed E-state index contributed by atoms with van der Waals surface area (Å²) < 4.78 is 22.3. The van der Waals surface area contributed by atoms with E-state index in [1.54, 1.807) is 0 Å². The summed E-state index contributed by atoms with van der Waals surface area (Å²) in [5, 5.41) is 10.1. The van der Waals surface area contributed by atoms with Gasteiger partial charge in [0.2, 0.25) is 0 Å². The highest BCUT2D eigenvalue weighted by atomic mass is 32.2. The topological polar surface area (TPSA) is 54.4 Å². The highest BCUT2D eigenvalue weighted by molar-refractivity contribution is 7.91. The van der Waals surface area contributed by atoms with Crippen molar-refractivity contribution < 1.29 is 13.5 Å². The lowest BCUT2D eigenvalue weighted by Crippen LogP contribution is -2.39. The number of sulfone groups is 1. The minimum Gasteiger partial charge on any atom is -0.389 e. The Morgan fingerprint density at radius 2 is 2.00 bits per heavy atom. The van der Waals surface area contributed by atoms with Gasteiger partial charge in [0.1, 0.15) is 0 Å². The van der Waals surface area contributed by atoms with Gasteiger partial charge in [-0.15, -0.1) is 5.73 Å². The first kappa shape index (κ1) is 11.5. The maximum Gasteiger partial charge on any atom is 0.150 e. The number of hydrogen-bond donors (Lipinski definition) is 1. The molecule has 0 unspecified atom stereocenters. The highest BCUT2D eigenvalue weighted by Gasteiger charge is 2.35. The molecule has 0 amide bonds. The van der Waals surface area contributed by atoms with Crippen molar-refractivity contribution in [3.63, 3.8) is 0 Å². The summed E-state index contributed by atoms with van der Waals surface area (Å²) in [5.74, 6) is 0.182. The fourth-order valence-corrected chi connectivity index (χ4v) is 3.24. The van der Waals surface area contributed by atoms with Crippen LogP contribution in [0.15, 0.2) is 17.9 Å². The summed E-state index contributed by atoms with van der Waals surface area (Å²) in [6, 6.07) is 0. The van der Waals surface area contributed by atoms with Gasteiger partial charge in [-0.3, -0.25) is 0 Å². The first-order chi connectivity index (χ1) is 6.37. The highest BCUT2D eigenvalue weighted by Crippen LogP contribution is 2.29. The molecule has 14 heavy (non-hydrogen) atoms. The predicted molar refractivity (Wildman–Crippen MR) is 55.8 cm³/mol. The largest absolute Gasteiger partial charge is 0.389 e. The lowest BCUT2D eigenvalue weighted by Gasteiger charge is -2.31. The van der Waals surface area contributed by atoms with Crippen LogP contribution in [0, 0.1) is 0 Å². The second-order valence-electron chi connectivity index (χ2n) is 4.01. The summed E-state index contributed by atoms with van der Waals surface area (Å²) in [7, 11) is -2.90. The summed E-state index contributed by atoms with van der Waals surface area (Å²) in [4.78, 5) is 0. The molecule has 0 spiro atoms. The summed E-state index contributed by atoms with van der Waals surface area (Å²) in [6.07, 6.45) is 1.13. The molecule has 1 aliphatic rings. The van der Waals surface area contributed by atoms with Gasteiger partial charge in [0.25, 0.3) is 0 Å². The van der Waals surface area contributed by atoms with E-state index in [1.807, 2.05) is 6.92 Å². The molecule has 1 N–H and O–H groups in total. The predicted octanol–water partition coefficient (Wildman–Crippen LogP) is 1.05. The Bertz CT molecular complexity index is 347. The van der Waals surface area contributed by atoms with Crippen molar-refractivity contribution >= 4 is 9.84 Å². The maximum absolute atomic E-state index is 11.1. The third-order valence-electron chi connectivity index (χ3n) is 2.65. The van der Waals surface area contributed by atoms with Crippen LogP contribution in [0.3, 0.4) is 0 Å². The average Bonchev–Trinajstić information content (AvgIpc) is 2.11. The zero-order valence-corrected chi connectivity index (χ0v) is 9.23. The molecule has 1 rings (SSSR count). The van der Waals surface area contributed by atoms with E-state index in [0.717, 1.165) is 5.57 Å². The van der Waals surface area contributed by atoms with Gasteiger partial charge in [0, 0.05) is 6.42 Å². The van der Waals surface area contributed by atoms with Crippen molar-refractivity contribution in [3.05, 3.63) is 17.9 Å². The number of aliphatic hydroxyl groups is 1. The second kappa shape index (κ2) is 3.89. The van der Waals surface area contributed by atoms with Crippen molar-refractivity contribution in [2.45, 2.75) is 31.8 Å². The maximum atomic E-state index is 11.1. The minimum absolute atomic E-state index is 0.0912. The van der Waals surface area contributed by atoms with E-state index < -0.39 is 15.4 Å². The molecule has 1 saturated heterocycles. The van der Waals surface area contributed by atoms with Crippen LogP contribution in [0.25, 0.3) is 0 Å². The molecule has 0 bridgehead atoms. The SMILES string of the molecule is C=C=C(C)CC1(O)CCS(=O)(=O)CC1. The van der Waals surface area contributed by atoms with Gasteiger partial charge in [-0.05, 0) is 25.3 Å². The van der Waals surface area contributed by atoms with Crippen LogP contribution in [0.1, 0.15) is 26.2 Å². The molecule has 0 saturated carbocycles. The molecule has 1 heterocycles. The molecule has 0 aromatic rings. The van der Waals surface area contributed by atoms with Crippen molar-refractivity contribution in [3.8, 4) is 0 Å². The third kappa shape index (κ3) is 2.98. The van der Waals surface area contributed by atoms with E-state index in [9.17, 15) is 13.5 Å². The molecule has 4 heteroatoms. The summed E-state index contributed by atoms with van der Waals surface area (Å²) in [6.45, 7) is 5.34. The smallest absolute Gasteiger partial charge is 0.150 e. The molecule has 0 radical (unpaired) electrons. The van der Waals surface area contributed by atoms with Gasteiger partial charge in [-0.1, -0.05) is 6.58 Å². The first-order valence-corrected chi connectivity index (χ1v) is 6.47. The fourth-order valence-electron chi connectivity index (χ4n) is 1.65. The molecule has 0 aromatic heterocycles. The molecule has 1 fully saturated rings. The molecular weight excluding hydrogens is 200 g/mol. The lowest BCUT2D eigenvalue weighted by molar-refractivity contribution is 0.0308. The van der Waals surface area contributed by atoms with Crippen molar-refractivity contribution in [2.75, 3.05) is 11.5 Å². The molecule has 80 valence electrons. The van der Waals surface area contributed by atoms with Crippen molar-refractivity contribution in [1.29, 1.82) is 0 Å². The Kier molecular flexibility index (Phi) is 3.20. The van der Waals surface area contributed by atoms with Gasteiger partial charge in [0.15, 0.2) is 9.84 Å². The van der Waals surface area contributed by atoms with E-state index in [4.69, 9.17) is 0 Å². The molecule has 1 aliphatic heterocycles. The zero-order chi connectivity index (χ0) is 10.8. The molecule has 0 aliphatic carbocycles. The molecular formula is C10H16O3S. The Labute approximate surface area is 85.1 Å². The van der Waals surface area contributed by atoms with E-state index >= 15 is 0 Å². The van der Waals surface area contributed by atoms with E-state index in [0.29, 0.717) is 19.3 Å². The molecule has 0 aromatic carbocycles. The van der Waals surface area contributed by atoms with Crippen LogP contribution in [-0.4, -0.2) is 30.6 Å². The Morgan fingerprint density at radius 3 is 2.43 bits per heavy atom. The van der Waals surface area contributed by atoms with Crippen LogP contribution in [0.2, 0.25) is 0 Å². The summed E-state index contributed by atoms with van der Waals surface area (Å²) >= 11 is 0. The molecule has 3 nitrogen and oxygen atoms in total. The number of rotatable bonds is 2. The van der Waals surface area contributed by atoms with Crippen LogP contribution in [0.4, 0.5) is 0 Å². The lowest BCUT2D eigenvalue weighted by atomic mass is 9.90. The molecule has 0 atom stereocenters. The van der Waals surface area contributed by atoms with Crippen LogP contribution in [0.5, 0.6) is 0 Å². The van der Waals surface area contributed by atoms with Gasteiger partial charge in [-0.25, -0.2) is 8.42 Å². The average molecular weight is 216 g/mol. The summed E-state index contributed by atoms with van der Waals surface area (Å²) in [5.41, 5.74) is 2.74. The van der Waals surface area contributed by atoms with Gasteiger partial charge in [-0.2, -0.15) is 0 Å². The first-order valence-electron chi connectivity index (χ1n) is 4.65. The standard InChI is InChI=1S/C10H16O3S/c1-3-9(2)8-10(11)4-6-14(12,13)7-5-10/h11H,1,4-8H2,2H3. The normalized spacial score (nSPS) is 23.9. The van der Waals surface area contributed by atoms with Crippen LogP contribution >= 0.6 is 0 Å². The minimum atomic E-state index is -2.90. The van der Waals surface area contributed by atoms with E-state index in [2.05, 4.69) is 12.3 Å². The number of hydrogen-bond acceptors (Lipinski definition) is 3. The Hall–Kier alpha value is -0.570. The third-order valence-corrected chi connectivity index (χ3v) is 4.31. The van der Waals surface area contributed by atoms with E-state index in [-0.39, 0.29) is 11.5 Å². The van der Waals surface area contributed by atoms with Crippen LogP contribution in [-0.2, 0) is 9.84 Å². The van der Waals surface area contributed by atoms with Gasteiger partial charge in [0.05, 0.1) is 17.1 Å². The van der Waals surface area contributed by atoms with Crippen molar-refractivity contribution in [2.24, 2.45) is 0 Å². The van der Waals surface area contributed by atoms with Gasteiger partial charge >= 0.3 is 0 Å². The Balaban J connectivity index is 2.67. The zero-order valence-electron chi connectivity index (χ0n) is 8.41. The quantitative estimate of drug-likeness (QED) is 0.702. The monoisotopic (exact) mass is 216 g/mol.